The maximum absolute atomic E-state index is 12.1. The molecule has 1 heterocycles. The summed E-state index contributed by atoms with van der Waals surface area (Å²) >= 11 is 0. The van der Waals surface area contributed by atoms with Crippen molar-refractivity contribution in [3.8, 4) is 0 Å². The van der Waals surface area contributed by atoms with Crippen LogP contribution >= 0.6 is 0 Å². The molecule has 0 spiro atoms. The summed E-state index contributed by atoms with van der Waals surface area (Å²) in [5.41, 5.74) is 0.0412. The predicted octanol–water partition coefficient (Wildman–Crippen LogP) is 1.21. The summed E-state index contributed by atoms with van der Waals surface area (Å²) in [6.45, 7) is 9.29. The van der Waals surface area contributed by atoms with E-state index in [2.05, 4.69) is 26.1 Å². The molecular weight excluding hydrogens is 264 g/mol. The maximum Gasteiger partial charge on any atom is 0.224 e. The van der Waals surface area contributed by atoms with Crippen molar-refractivity contribution in [2.75, 3.05) is 25.4 Å². The molecule has 19 heavy (non-hydrogen) atoms. The van der Waals surface area contributed by atoms with E-state index in [1.807, 2.05) is 0 Å². The first-order valence-corrected chi connectivity index (χ1v) is 8.52. The number of amides is 1. The fraction of sp³-hybridized carbons (Fsp3) is 0.923. The van der Waals surface area contributed by atoms with Gasteiger partial charge in [-0.3, -0.25) is 4.79 Å². The van der Waals surface area contributed by atoms with E-state index in [-0.39, 0.29) is 23.0 Å². The summed E-state index contributed by atoms with van der Waals surface area (Å²) < 4.78 is 25.1. The zero-order valence-electron chi connectivity index (χ0n) is 12.4. The van der Waals surface area contributed by atoms with Crippen LogP contribution in [0.5, 0.6) is 0 Å². The number of sulfonamides is 1. The number of nitrogens with one attached hydrogen (secondary N) is 1. The first-order valence-electron chi connectivity index (χ1n) is 6.91. The molecule has 1 saturated heterocycles. The van der Waals surface area contributed by atoms with Crippen LogP contribution in [0.2, 0.25) is 0 Å². The minimum Gasteiger partial charge on any atom is -0.355 e. The van der Waals surface area contributed by atoms with Gasteiger partial charge in [-0.15, -0.1) is 0 Å². The van der Waals surface area contributed by atoms with Crippen LogP contribution in [-0.4, -0.2) is 44.0 Å². The second-order valence-corrected chi connectivity index (χ2v) is 8.63. The number of carbonyl (C=O) groups excluding carboxylic acids is 1. The highest BCUT2D eigenvalue weighted by Crippen LogP contribution is 2.20. The van der Waals surface area contributed by atoms with Crippen molar-refractivity contribution in [2.24, 2.45) is 11.3 Å². The molecule has 6 heteroatoms. The van der Waals surface area contributed by atoms with Gasteiger partial charge < -0.3 is 5.32 Å². The summed E-state index contributed by atoms with van der Waals surface area (Å²) in [5, 5.41) is 2.92. The van der Waals surface area contributed by atoms with E-state index in [1.54, 1.807) is 6.92 Å². The van der Waals surface area contributed by atoms with Crippen LogP contribution in [0.15, 0.2) is 0 Å². The molecule has 112 valence electrons. The van der Waals surface area contributed by atoms with Gasteiger partial charge in [-0.25, -0.2) is 12.7 Å². The van der Waals surface area contributed by atoms with E-state index >= 15 is 0 Å². The minimum atomic E-state index is -3.18. The Bertz CT molecular complexity index is 412. The van der Waals surface area contributed by atoms with Crippen molar-refractivity contribution in [3.63, 3.8) is 0 Å². The Balaban J connectivity index is 2.58. The molecule has 0 aromatic heterocycles. The molecular formula is C13H26N2O3S. The first-order chi connectivity index (χ1) is 8.65. The highest BCUT2D eigenvalue weighted by molar-refractivity contribution is 7.89. The van der Waals surface area contributed by atoms with E-state index in [9.17, 15) is 13.2 Å². The molecule has 0 bridgehead atoms. The Hall–Kier alpha value is -0.620. The zero-order chi connectivity index (χ0) is 14.7. The average molecular weight is 290 g/mol. The van der Waals surface area contributed by atoms with Crippen molar-refractivity contribution < 1.29 is 13.2 Å². The third kappa shape index (κ3) is 5.10. The molecule has 5 nitrogen and oxygen atoms in total. The van der Waals surface area contributed by atoms with Gasteiger partial charge in [-0.05, 0) is 25.2 Å². The fourth-order valence-corrected chi connectivity index (χ4v) is 3.27. The summed E-state index contributed by atoms with van der Waals surface area (Å²) in [6.07, 6.45) is 1.53. The third-order valence-electron chi connectivity index (χ3n) is 3.31. The van der Waals surface area contributed by atoms with Crippen LogP contribution in [0.3, 0.4) is 0 Å². The average Bonchev–Trinajstić information content (AvgIpc) is 2.35. The monoisotopic (exact) mass is 290 g/mol. The number of hydrogen-bond acceptors (Lipinski definition) is 3. The van der Waals surface area contributed by atoms with Crippen LogP contribution in [-0.2, 0) is 14.8 Å². The van der Waals surface area contributed by atoms with Crippen molar-refractivity contribution in [1.82, 2.24) is 9.62 Å². The van der Waals surface area contributed by atoms with Crippen molar-refractivity contribution >= 4 is 15.9 Å². The van der Waals surface area contributed by atoms with Gasteiger partial charge in [0.1, 0.15) is 0 Å². The van der Waals surface area contributed by atoms with Crippen LogP contribution in [0, 0.1) is 11.3 Å². The van der Waals surface area contributed by atoms with Gasteiger partial charge in [0.15, 0.2) is 0 Å². The van der Waals surface area contributed by atoms with Crippen LogP contribution in [0.1, 0.15) is 40.5 Å². The van der Waals surface area contributed by atoms with Crippen molar-refractivity contribution in [1.29, 1.82) is 0 Å². The lowest BCUT2D eigenvalue weighted by molar-refractivity contribution is -0.126. The first kappa shape index (κ1) is 16.4. The molecule has 1 aliphatic heterocycles. The SMILES string of the molecule is CCS(=O)(=O)N1CCC[C@H](C(=O)NCC(C)(C)C)C1. The molecule has 1 atom stereocenters. The van der Waals surface area contributed by atoms with E-state index in [0.717, 1.165) is 12.8 Å². The zero-order valence-corrected chi connectivity index (χ0v) is 13.2. The van der Waals surface area contributed by atoms with Gasteiger partial charge >= 0.3 is 0 Å². The van der Waals surface area contributed by atoms with E-state index in [1.165, 1.54) is 4.31 Å². The van der Waals surface area contributed by atoms with Gasteiger partial charge in [0.05, 0.1) is 11.7 Å². The molecule has 1 rings (SSSR count). The summed E-state index contributed by atoms with van der Waals surface area (Å²) in [4.78, 5) is 12.1. The molecule has 0 radical (unpaired) electrons. The second-order valence-electron chi connectivity index (χ2n) is 6.38. The largest absolute Gasteiger partial charge is 0.355 e. The standard InChI is InChI=1S/C13H26N2O3S/c1-5-19(17,18)15-8-6-7-11(9-15)12(16)14-10-13(2,3)4/h11H,5-10H2,1-4H3,(H,14,16)/t11-/m0/s1. The van der Waals surface area contributed by atoms with E-state index in [0.29, 0.717) is 19.6 Å². The van der Waals surface area contributed by atoms with Crippen LogP contribution in [0.4, 0.5) is 0 Å². The Morgan fingerprint density at radius 1 is 1.37 bits per heavy atom. The van der Waals surface area contributed by atoms with Crippen LogP contribution < -0.4 is 5.32 Å². The van der Waals surface area contributed by atoms with Crippen LogP contribution in [0.25, 0.3) is 0 Å². The Kier molecular flexibility index (Phi) is 5.38. The molecule has 0 unspecified atom stereocenters. The number of nitrogens with zero attached hydrogens (tertiary/aromatic N) is 1. The minimum absolute atomic E-state index is 0.0223. The lowest BCUT2D eigenvalue weighted by Gasteiger charge is -2.31. The molecule has 1 aliphatic rings. The van der Waals surface area contributed by atoms with E-state index < -0.39 is 10.0 Å². The molecule has 0 saturated carbocycles. The quantitative estimate of drug-likeness (QED) is 0.846. The van der Waals surface area contributed by atoms with Crippen molar-refractivity contribution in [2.45, 2.75) is 40.5 Å². The Morgan fingerprint density at radius 2 is 2.00 bits per heavy atom. The number of carbonyl (C=O) groups is 1. The molecule has 1 N–H and O–H groups in total. The Morgan fingerprint density at radius 3 is 2.53 bits per heavy atom. The maximum atomic E-state index is 12.1. The van der Waals surface area contributed by atoms with Gasteiger partial charge in [-0.1, -0.05) is 20.8 Å². The summed E-state index contributed by atoms with van der Waals surface area (Å²) in [5.74, 6) is -0.132. The third-order valence-corrected chi connectivity index (χ3v) is 5.15. The summed E-state index contributed by atoms with van der Waals surface area (Å²) in [6, 6.07) is 0. The molecule has 0 aromatic rings. The number of piperidine rings is 1. The van der Waals surface area contributed by atoms with Gasteiger partial charge in [0.2, 0.25) is 15.9 Å². The van der Waals surface area contributed by atoms with Gasteiger partial charge in [-0.2, -0.15) is 0 Å². The highest BCUT2D eigenvalue weighted by Gasteiger charge is 2.31. The second kappa shape index (κ2) is 6.22. The normalized spacial score (nSPS) is 22.2. The lowest BCUT2D eigenvalue weighted by Crippen LogP contribution is -2.46. The summed E-state index contributed by atoms with van der Waals surface area (Å²) in [7, 11) is -3.18. The molecule has 0 aliphatic carbocycles. The highest BCUT2D eigenvalue weighted by atomic mass is 32.2. The smallest absolute Gasteiger partial charge is 0.224 e. The topological polar surface area (TPSA) is 66.5 Å². The van der Waals surface area contributed by atoms with E-state index in [4.69, 9.17) is 0 Å². The lowest BCUT2D eigenvalue weighted by atomic mass is 9.95. The Labute approximate surface area is 116 Å². The number of hydrogen-bond donors (Lipinski definition) is 1. The number of rotatable bonds is 4. The van der Waals surface area contributed by atoms with Gasteiger partial charge in [0.25, 0.3) is 0 Å². The molecule has 1 amide bonds. The predicted molar refractivity (Wildman–Crippen MR) is 76.2 cm³/mol. The molecule has 1 fully saturated rings. The fourth-order valence-electron chi connectivity index (χ4n) is 2.09. The van der Waals surface area contributed by atoms with Gasteiger partial charge in [0, 0.05) is 19.6 Å². The molecule has 0 aromatic carbocycles. The van der Waals surface area contributed by atoms with Crippen molar-refractivity contribution in [3.05, 3.63) is 0 Å².